The Kier molecular flexibility index (Phi) is 6.85. The van der Waals surface area contributed by atoms with Crippen molar-refractivity contribution >= 4 is 11.9 Å². The molecular weight excluding hydrogens is 312 g/mol. The number of nitrogens with zero attached hydrogens (tertiary/aromatic N) is 2. The van der Waals surface area contributed by atoms with E-state index in [0.717, 1.165) is 38.4 Å². The fraction of sp³-hybridized carbons (Fsp3) is 0.600. The van der Waals surface area contributed by atoms with E-state index in [2.05, 4.69) is 64.7 Å². The summed E-state index contributed by atoms with van der Waals surface area (Å²) in [4.78, 5) is 18.3. The zero-order valence-electron chi connectivity index (χ0n) is 16.0. The van der Waals surface area contributed by atoms with Gasteiger partial charge in [0.2, 0.25) is 5.91 Å². The van der Waals surface area contributed by atoms with E-state index in [-0.39, 0.29) is 11.3 Å². The highest BCUT2D eigenvalue weighted by Gasteiger charge is 2.25. The fourth-order valence-electron chi connectivity index (χ4n) is 3.34. The van der Waals surface area contributed by atoms with E-state index in [4.69, 9.17) is 0 Å². The number of likely N-dealkylation sites (tertiary alicyclic amines) is 1. The largest absolute Gasteiger partial charge is 0.359 e. The minimum absolute atomic E-state index is 0.0364. The Hall–Kier alpha value is -2.04. The summed E-state index contributed by atoms with van der Waals surface area (Å²) in [5.74, 6) is 1.59. The van der Waals surface area contributed by atoms with E-state index in [0.29, 0.717) is 12.3 Å². The van der Waals surface area contributed by atoms with Crippen LogP contribution in [0.5, 0.6) is 0 Å². The van der Waals surface area contributed by atoms with Gasteiger partial charge in [0.15, 0.2) is 5.96 Å². The minimum atomic E-state index is 0.0364. The number of nitrogens with one attached hydrogen (secondary N) is 2. The van der Waals surface area contributed by atoms with Crippen molar-refractivity contribution in [2.24, 2.45) is 10.9 Å². The average Bonchev–Trinajstić information content (AvgIpc) is 2.64. The highest BCUT2D eigenvalue weighted by molar-refractivity contribution is 5.80. The van der Waals surface area contributed by atoms with Gasteiger partial charge in [-0.3, -0.25) is 9.79 Å². The van der Waals surface area contributed by atoms with Gasteiger partial charge in [-0.2, -0.15) is 0 Å². The van der Waals surface area contributed by atoms with Crippen LogP contribution >= 0.6 is 0 Å². The first-order chi connectivity index (χ1) is 12.0. The predicted octanol–water partition coefficient (Wildman–Crippen LogP) is 2.39. The number of aliphatic imine (C=N–C) groups is 1. The van der Waals surface area contributed by atoms with E-state index >= 15 is 0 Å². The standard InChI is InChI=1S/C20H32N4O/c1-20(2,17-8-6-5-7-9-17)15-23-19(22-4)24-12-10-16(11-13-24)14-18(25)21-3/h5-9,16H,10-15H2,1-4H3,(H,21,25)(H,22,23). The third-order valence-corrected chi connectivity index (χ3v) is 5.12. The second-order valence-corrected chi connectivity index (χ2v) is 7.46. The molecule has 0 radical (unpaired) electrons. The lowest BCUT2D eigenvalue weighted by molar-refractivity contribution is -0.121. The average molecular weight is 345 g/mol. The Morgan fingerprint density at radius 3 is 2.44 bits per heavy atom. The molecule has 0 spiro atoms. The first-order valence-electron chi connectivity index (χ1n) is 9.18. The number of guanidine groups is 1. The Bertz CT molecular complexity index is 575. The lowest BCUT2D eigenvalue weighted by Crippen LogP contribution is -2.48. The van der Waals surface area contributed by atoms with Crippen molar-refractivity contribution in [1.82, 2.24) is 15.5 Å². The van der Waals surface area contributed by atoms with Gasteiger partial charge in [-0.1, -0.05) is 44.2 Å². The summed E-state index contributed by atoms with van der Waals surface area (Å²) in [6.07, 6.45) is 2.71. The van der Waals surface area contributed by atoms with Gasteiger partial charge < -0.3 is 15.5 Å². The summed E-state index contributed by atoms with van der Waals surface area (Å²) in [5, 5.41) is 6.26. The molecule has 25 heavy (non-hydrogen) atoms. The fourth-order valence-corrected chi connectivity index (χ4v) is 3.34. The highest BCUT2D eigenvalue weighted by atomic mass is 16.1. The van der Waals surface area contributed by atoms with Crippen LogP contribution in [0.25, 0.3) is 0 Å². The summed E-state index contributed by atoms with van der Waals surface area (Å²) in [6, 6.07) is 10.6. The zero-order valence-corrected chi connectivity index (χ0v) is 16.0. The van der Waals surface area contributed by atoms with E-state index in [1.54, 1.807) is 7.05 Å². The van der Waals surface area contributed by atoms with E-state index in [1.165, 1.54) is 5.56 Å². The molecule has 2 N–H and O–H groups in total. The molecule has 0 atom stereocenters. The summed E-state index contributed by atoms with van der Waals surface area (Å²) in [6.45, 7) is 7.23. The van der Waals surface area contributed by atoms with Crippen LogP contribution in [-0.4, -0.2) is 50.5 Å². The summed E-state index contributed by atoms with van der Waals surface area (Å²) in [7, 11) is 3.55. The maximum absolute atomic E-state index is 11.5. The molecule has 138 valence electrons. The van der Waals surface area contributed by atoms with E-state index < -0.39 is 0 Å². The van der Waals surface area contributed by atoms with Crippen LogP contribution in [0.3, 0.4) is 0 Å². The Balaban J connectivity index is 1.86. The third kappa shape index (κ3) is 5.48. The molecular formula is C20H32N4O. The van der Waals surface area contributed by atoms with Gasteiger partial charge in [-0.05, 0) is 24.3 Å². The number of piperidine rings is 1. The van der Waals surface area contributed by atoms with Gasteiger partial charge in [0.1, 0.15) is 0 Å². The number of hydrogen-bond donors (Lipinski definition) is 2. The summed E-state index contributed by atoms with van der Waals surface area (Å²) >= 11 is 0. The lowest BCUT2D eigenvalue weighted by Gasteiger charge is -2.35. The van der Waals surface area contributed by atoms with Crippen molar-refractivity contribution in [1.29, 1.82) is 0 Å². The second kappa shape index (κ2) is 8.88. The van der Waals surface area contributed by atoms with E-state index in [1.807, 2.05) is 7.05 Å². The SMILES string of the molecule is CN=C(NCC(C)(C)c1ccccc1)N1CCC(CC(=O)NC)CC1. The Labute approximate surface area is 151 Å². The normalized spacial score (nSPS) is 16.6. The van der Waals surface area contributed by atoms with Crippen molar-refractivity contribution in [3.05, 3.63) is 35.9 Å². The first-order valence-corrected chi connectivity index (χ1v) is 9.18. The molecule has 0 unspecified atom stereocenters. The predicted molar refractivity (Wildman–Crippen MR) is 104 cm³/mol. The molecule has 0 aromatic heterocycles. The highest BCUT2D eigenvalue weighted by Crippen LogP contribution is 2.23. The molecule has 1 saturated heterocycles. The van der Waals surface area contributed by atoms with Crippen LogP contribution in [0.1, 0.15) is 38.7 Å². The number of benzene rings is 1. The van der Waals surface area contributed by atoms with Crippen LogP contribution in [0.15, 0.2) is 35.3 Å². The topological polar surface area (TPSA) is 56.7 Å². The molecule has 1 aliphatic rings. The van der Waals surface area contributed by atoms with Gasteiger partial charge in [-0.15, -0.1) is 0 Å². The first kappa shape index (κ1) is 19.3. The number of carbonyl (C=O) groups excluding carboxylic acids is 1. The van der Waals surface area contributed by atoms with Crippen LogP contribution in [0.2, 0.25) is 0 Å². The number of amides is 1. The maximum atomic E-state index is 11.5. The lowest BCUT2D eigenvalue weighted by atomic mass is 9.84. The molecule has 0 bridgehead atoms. The zero-order chi connectivity index (χ0) is 18.3. The summed E-state index contributed by atoms with van der Waals surface area (Å²) in [5.41, 5.74) is 1.36. The van der Waals surface area contributed by atoms with Crippen LogP contribution in [0, 0.1) is 5.92 Å². The molecule has 0 aliphatic carbocycles. The van der Waals surface area contributed by atoms with Crippen LogP contribution < -0.4 is 10.6 Å². The Morgan fingerprint density at radius 1 is 1.24 bits per heavy atom. The quantitative estimate of drug-likeness (QED) is 0.637. The molecule has 1 heterocycles. The van der Waals surface area contributed by atoms with Crippen molar-refractivity contribution < 1.29 is 4.79 Å². The molecule has 5 heteroatoms. The number of carbonyl (C=O) groups is 1. The van der Waals surface area contributed by atoms with Gasteiger partial charge in [0.25, 0.3) is 0 Å². The molecule has 1 amide bonds. The molecule has 0 saturated carbocycles. The van der Waals surface area contributed by atoms with Crippen LogP contribution in [0.4, 0.5) is 0 Å². The maximum Gasteiger partial charge on any atom is 0.220 e. The second-order valence-electron chi connectivity index (χ2n) is 7.46. The van der Waals surface area contributed by atoms with Crippen molar-refractivity contribution in [3.63, 3.8) is 0 Å². The summed E-state index contributed by atoms with van der Waals surface area (Å²) < 4.78 is 0. The number of rotatable bonds is 5. The molecule has 1 aromatic rings. The molecule has 1 aliphatic heterocycles. The molecule has 1 fully saturated rings. The van der Waals surface area contributed by atoms with Crippen molar-refractivity contribution in [3.8, 4) is 0 Å². The third-order valence-electron chi connectivity index (χ3n) is 5.12. The van der Waals surface area contributed by atoms with Gasteiger partial charge in [0, 0.05) is 45.6 Å². The Morgan fingerprint density at radius 2 is 1.88 bits per heavy atom. The minimum Gasteiger partial charge on any atom is -0.359 e. The van der Waals surface area contributed by atoms with Gasteiger partial charge >= 0.3 is 0 Å². The molecule has 2 rings (SSSR count). The smallest absolute Gasteiger partial charge is 0.220 e. The monoisotopic (exact) mass is 344 g/mol. The van der Waals surface area contributed by atoms with Crippen molar-refractivity contribution in [2.75, 3.05) is 33.7 Å². The van der Waals surface area contributed by atoms with Gasteiger partial charge in [-0.25, -0.2) is 0 Å². The van der Waals surface area contributed by atoms with Gasteiger partial charge in [0.05, 0.1) is 0 Å². The number of hydrogen-bond acceptors (Lipinski definition) is 2. The van der Waals surface area contributed by atoms with Crippen molar-refractivity contribution in [2.45, 2.75) is 38.5 Å². The van der Waals surface area contributed by atoms with E-state index in [9.17, 15) is 4.79 Å². The molecule has 1 aromatic carbocycles. The van der Waals surface area contributed by atoms with Crippen LogP contribution in [-0.2, 0) is 10.2 Å². The molecule has 5 nitrogen and oxygen atoms in total.